The van der Waals surface area contributed by atoms with Gasteiger partial charge in [-0.2, -0.15) is 0 Å². The summed E-state index contributed by atoms with van der Waals surface area (Å²) in [6.45, 7) is 5.14. The van der Waals surface area contributed by atoms with Gasteiger partial charge >= 0.3 is 0 Å². The number of rotatable bonds is 1. The highest BCUT2D eigenvalue weighted by Gasteiger charge is 2.41. The molecule has 17 heavy (non-hydrogen) atoms. The molecule has 100 valence electrons. The minimum atomic E-state index is -0.280. The van der Waals surface area contributed by atoms with Gasteiger partial charge in [-0.15, -0.1) is 12.4 Å². The number of likely N-dealkylation sites (tertiary alicyclic amines) is 1. The molecule has 2 N–H and O–H groups in total. The van der Waals surface area contributed by atoms with E-state index in [1.807, 2.05) is 0 Å². The molecule has 3 nitrogen and oxygen atoms in total. The van der Waals surface area contributed by atoms with E-state index in [0.29, 0.717) is 11.9 Å². The van der Waals surface area contributed by atoms with Crippen LogP contribution in [0.15, 0.2) is 0 Å². The smallest absolute Gasteiger partial charge is 0.227 e. The summed E-state index contributed by atoms with van der Waals surface area (Å²) >= 11 is 0. The Morgan fingerprint density at radius 2 is 2.00 bits per heavy atom. The highest BCUT2D eigenvalue weighted by Crippen LogP contribution is 2.34. The number of nitrogens with zero attached hydrogens (tertiary/aromatic N) is 1. The molecule has 2 fully saturated rings. The second-order valence-corrected chi connectivity index (χ2v) is 5.83. The second-order valence-electron chi connectivity index (χ2n) is 5.83. The summed E-state index contributed by atoms with van der Waals surface area (Å²) in [6.07, 6.45) is 6.61. The molecule has 3 unspecified atom stereocenters. The molecule has 1 aliphatic heterocycles. The van der Waals surface area contributed by atoms with Crippen molar-refractivity contribution in [1.82, 2.24) is 4.90 Å². The molecule has 0 aromatic rings. The normalized spacial score (nSPS) is 37.7. The summed E-state index contributed by atoms with van der Waals surface area (Å²) in [5.41, 5.74) is 6.01. The van der Waals surface area contributed by atoms with E-state index in [0.717, 1.165) is 38.6 Å². The van der Waals surface area contributed by atoms with Crippen LogP contribution >= 0.6 is 12.4 Å². The molecule has 0 bridgehead atoms. The first-order valence-electron chi connectivity index (χ1n) is 6.62. The van der Waals surface area contributed by atoms with Gasteiger partial charge in [0, 0.05) is 18.1 Å². The van der Waals surface area contributed by atoms with E-state index < -0.39 is 0 Å². The second kappa shape index (κ2) is 5.57. The highest BCUT2D eigenvalue weighted by atomic mass is 35.5. The molecular weight excluding hydrogens is 236 g/mol. The standard InChI is InChI=1S/C13H24N2O.ClH/c1-10-6-5-9-15(10)12(16)11-7-3-4-8-13(11,2)14;/h10-11H,3-9,14H2,1-2H3;1H. The number of carbonyl (C=O) groups is 1. The van der Waals surface area contributed by atoms with Crippen LogP contribution in [0, 0.1) is 5.92 Å². The zero-order chi connectivity index (χ0) is 11.8. The molecule has 0 aromatic heterocycles. The minimum Gasteiger partial charge on any atom is -0.340 e. The molecular formula is C13H25ClN2O. The maximum atomic E-state index is 12.5. The monoisotopic (exact) mass is 260 g/mol. The van der Waals surface area contributed by atoms with Gasteiger partial charge in [0.2, 0.25) is 5.91 Å². The van der Waals surface area contributed by atoms with Gasteiger partial charge in [0.05, 0.1) is 5.92 Å². The summed E-state index contributed by atoms with van der Waals surface area (Å²) in [6, 6.07) is 0.422. The van der Waals surface area contributed by atoms with E-state index in [1.165, 1.54) is 6.42 Å². The van der Waals surface area contributed by atoms with Crippen molar-refractivity contribution in [3.63, 3.8) is 0 Å². The highest BCUT2D eigenvalue weighted by molar-refractivity contribution is 5.85. The van der Waals surface area contributed by atoms with Crippen molar-refractivity contribution in [3.8, 4) is 0 Å². The quantitative estimate of drug-likeness (QED) is 0.787. The van der Waals surface area contributed by atoms with E-state index in [4.69, 9.17) is 5.73 Å². The Bertz CT molecular complexity index is 281. The minimum absolute atomic E-state index is 0. The van der Waals surface area contributed by atoms with Crippen LogP contribution in [0.2, 0.25) is 0 Å². The van der Waals surface area contributed by atoms with Gasteiger partial charge in [0.25, 0.3) is 0 Å². The van der Waals surface area contributed by atoms with Gasteiger partial charge in [0.1, 0.15) is 0 Å². The van der Waals surface area contributed by atoms with Crippen LogP contribution in [-0.2, 0) is 4.79 Å². The fourth-order valence-corrected chi connectivity index (χ4v) is 3.22. The SMILES string of the molecule is CC1CCCN1C(=O)C1CCCCC1(C)N.Cl. The molecule has 1 amide bonds. The Morgan fingerprint density at radius 3 is 2.53 bits per heavy atom. The Labute approximate surface area is 111 Å². The lowest BCUT2D eigenvalue weighted by Gasteiger charge is -2.40. The predicted molar refractivity (Wildman–Crippen MR) is 72.2 cm³/mol. The Balaban J connectivity index is 0.00000144. The number of nitrogens with two attached hydrogens (primary N) is 1. The first-order valence-corrected chi connectivity index (χ1v) is 6.62. The molecule has 1 heterocycles. The van der Waals surface area contributed by atoms with Crippen LogP contribution in [0.1, 0.15) is 52.4 Å². The molecule has 2 rings (SSSR count). The lowest BCUT2D eigenvalue weighted by atomic mass is 9.74. The molecule has 0 aromatic carbocycles. The topological polar surface area (TPSA) is 46.3 Å². The lowest BCUT2D eigenvalue weighted by Crippen LogP contribution is -2.54. The van der Waals surface area contributed by atoms with Gasteiger partial charge in [-0.1, -0.05) is 12.8 Å². The summed E-state index contributed by atoms with van der Waals surface area (Å²) < 4.78 is 0. The van der Waals surface area contributed by atoms with Crippen LogP contribution in [0.5, 0.6) is 0 Å². The van der Waals surface area contributed by atoms with E-state index in [2.05, 4.69) is 18.7 Å². The van der Waals surface area contributed by atoms with Crippen LogP contribution in [0.25, 0.3) is 0 Å². The number of amides is 1. The molecule has 0 spiro atoms. The molecule has 0 radical (unpaired) electrons. The predicted octanol–water partition coefficient (Wildman–Crippen LogP) is 2.33. The fourth-order valence-electron chi connectivity index (χ4n) is 3.22. The molecule has 1 saturated heterocycles. The van der Waals surface area contributed by atoms with E-state index >= 15 is 0 Å². The fraction of sp³-hybridized carbons (Fsp3) is 0.923. The Kier molecular flexibility index (Phi) is 4.85. The van der Waals surface area contributed by atoms with Crippen molar-refractivity contribution in [2.45, 2.75) is 64.0 Å². The molecule has 1 saturated carbocycles. The van der Waals surface area contributed by atoms with Gasteiger partial charge in [-0.05, 0) is 39.5 Å². The third-order valence-electron chi connectivity index (χ3n) is 4.39. The number of carbonyl (C=O) groups excluding carboxylic acids is 1. The summed E-state index contributed by atoms with van der Waals surface area (Å²) in [5.74, 6) is 0.372. The van der Waals surface area contributed by atoms with Crippen LogP contribution in [0.3, 0.4) is 0 Å². The third kappa shape index (κ3) is 2.94. The van der Waals surface area contributed by atoms with Crippen molar-refractivity contribution in [2.75, 3.05) is 6.54 Å². The lowest BCUT2D eigenvalue weighted by molar-refractivity contribution is -0.139. The van der Waals surface area contributed by atoms with Crippen LogP contribution in [0.4, 0.5) is 0 Å². The molecule has 3 atom stereocenters. The van der Waals surface area contributed by atoms with E-state index in [1.54, 1.807) is 0 Å². The zero-order valence-corrected chi connectivity index (χ0v) is 11.8. The Hall–Kier alpha value is -0.280. The van der Waals surface area contributed by atoms with Gasteiger partial charge in [-0.3, -0.25) is 4.79 Å². The van der Waals surface area contributed by atoms with Crippen molar-refractivity contribution < 1.29 is 4.79 Å². The average molecular weight is 261 g/mol. The first-order chi connectivity index (χ1) is 7.52. The first kappa shape index (κ1) is 14.8. The van der Waals surface area contributed by atoms with Crippen molar-refractivity contribution in [3.05, 3.63) is 0 Å². The van der Waals surface area contributed by atoms with Crippen molar-refractivity contribution in [1.29, 1.82) is 0 Å². The number of halogens is 1. The van der Waals surface area contributed by atoms with E-state index in [9.17, 15) is 4.79 Å². The van der Waals surface area contributed by atoms with Crippen molar-refractivity contribution in [2.24, 2.45) is 11.7 Å². The maximum Gasteiger partial charge on any atom is 0.227 e. The molecule has 2 aliphatic rings. The summed E-state index contributed by atoms with van der Waals surface area (Å²) in [4.78, 5) is 14.5. The Morgan fingerprint density at radius 1 is 1.29 bits per heavy atom. The maximum absolute atomic E-state index is 12.5. The van der Waals surface area contributed by atoms with Crippen LogP contribution in [-0.4, -0.2) is 28.9 Å². The third-order valence-corrected chi connectivity index (χ3v) is 4.39. The van der Waals surface area contributed by atoms with Gasteiger partial charge < -0.3 is 10.6 Å². The van der Waals surface area contributed by atoms with Gasteiger partial charge in [-0.25, -0.2) is 0 Å². The number of hydrogen-bond acceptors (Lipinski definition) is 2. The van der Waals surface area contributed by atoms with Gasteiger partial charge in [0.15, 0.2) is 0 Å². The average Bonchev–Trinajstić information content (AvgIpc) is 2.63. The zero-order valence-electron chi connectivity index (χ0n) is 10.9. The largest absolute Gasteiger partial charge is 0.340 e. The molecule has 4 heteroatoms. The van der Waals surface area contributed by atoms with Crippen LogP contribution < -0.4 is 5.73 Å². The number of hydrogen-bond donors (Lipinski definition) is 1. The van der Waals surface area contributed by atoms with Crippen molar-refractivity contribution >= 4 is 18.3 Å². The molecule has 1 aliphatic carbocycles. The summed E-state index contributed by atoms with van der Waals surface area (Å²) in [7, 11) is 0. The van der Waals surface area contributed by atoms with E-state index in [-0.39, 0.29) is 23.9 Å². The summed E-state index contributed by atoms with van der Waals surface area (Å²) in [5, 5.41) is 0.